The van der Waals surface area contributed by atoms with Crippen LogP contribution in [0.3, 0.4) is 0 Å². The van der Waals surface area contributed by atoms with Crippen molar-refractivity contribution in [3.63, 3.8) is 0 Å². The van der Waals surface area contributed by atoms with Gasteiger partial charge >= 0.3 is 0 Å². The highest BCUT2D eigenvalue weighted by molar-refractivity contribution is 4.94. The molecule has 0 aromatic rings. The second-order valence-corrected chi connectivity index (χ2v) is 6.10. The molecular weight excluding hydrogens is 210 g/mol. The minimum Gasteiger partial charge on any atom is -0.313 e. The molecule has 2 rings (SSSR count). The third kappa shape index (κ3) is 3.43. The molecule has 1 heterocycles. The maximum atomic E-state index is 3.72. The molecule has 0 radical (unpaired) electrons. The van der Waals surface area contributed by atoms with E-state index in [-0.39, 0.29) is 0 Å². The maximum Gasteiger partial charge on any atom is 0.0327 e. The van der Waals surface area contributed by atoms with E-state index in [2.05, 4.69) is 29.6 Å². The molecule has 2 fully saturated rings. The number of hydrogen-bond donors (Lipinski definition) is 2. The molecule has 100 valence electrons. The predicted octanol–water partition coefficient (Wildman–Crippen LogP) is 1.59. The summed E-state index contributed by atoms with van der Waals surface area (Å²) in [5.74, 6) is 0. The van der Waals surface area contributed by atoms with E-state index in [4.69, 9.17) is 0 Å². The van der Waals surface area contributed by atoms with Crippen LogP contribution >= 0.6 is 0 Å². The Balaban J connectivity index is 1.72. The van der Waals surface area contributed by atoms with Gasteiger partial charge in [0, 0.05) is 24.7 Å². The first-order valence-electron chi connectivity index (χ1n) is 7.34. The molecule has 17 heavy (non-hydrogen) atoms. The van der Waals surface area contributed by atoms with Crippen LogP contribution < -0.4 is 10.6 Å². The van der Waals surface area contributed by atoms with Crippen LogP contribution in [0.2, 0.25) is 0 Å². The van der Waals surface area contributed by atoms with Crippen LogP contribution in [0.15, 0.2) is 0 Å². The molecule has 3 heteroatoms. The van der Waals surface area contributed by atoms with Crippen molar-refractivity contribution < 1.29 is 0 Å². The van der Waals surface area contributed by atoms with Gasteiger partial charge in [0.15, 0.2) is 0 Å². The van der Waals surface area contributed by atoms with Gasteiger partial charge in [0.2, 0.25) is 0 Å². The topological polar surface area (TPSA) is 27.3 Å². The van der Waals surface area contributed by atoms with E-state index in [0.717, 1.165) is 13.1 Å². The number of nitrogens with one attached hydrogen (secondary N) is 2. The molecule has 0 aromatic heterocycles. The number of nitrogens with zero attached hydrogens (tertiary/aromatic N) is 1. The van der Waals surface area contributed by atoms with Crippen molar-refractivity contribution in [1.29, 1.82) is 0 Å². The van der Waals surface area contributed by atoms with E-state index >= 15 is 0 Å². The fourth-order valence-corrected chi connectivity index (χ4v) is 3.39. The van der Waals surface area contributed by atoms with Gasteiger partial charge in [-0.15, -0.1) is 0 Å². The average Bonchev–Trinajstić information content (AvgIpc) is 2.80. The molecule has 1 aliphatic heterocycles. The second-order valence-electron chi connectivity index (χ2n) is 6.10. The van der Waals surface area contributed by atoms with Crippen molar-refractivity contribution in [3.05, 3.63) is 0 Å². The van der Waals surface area contributed by atoms with Gasteiger partial charge in [-0.2, -0.15) is 0 Å². The zero-order valence-corrected chi connectivity index (χ0v) is 11.6. The van der Waals surface area contributed by atoms with Crippen molar-refractivity contribution in [2.75, 3.05) is 33.7 Å². The van der Waals surface area contributed by atoms with E-state index < -0.39 is 0 Å². The maximum absolute atomic E-state index is 3.72. The lowest BCUT2D eigenvalue weighted by Crippen LogP contribution is -2.52. The summed E-state index contributed by atoms with van der Waals surface area (Å²) < 4.78 is 0. The fraction of sp³-hybridized carbons (Fsp3) is 1.00. The zero-order valence-electron chi connectivity index (χ0n) is 11.6. The van der Waals surface area contributed by atoms with Crippen molar-refractivity contribution in [1.82, 2.24) is 15.5 Å². The summed E-state index contributed by atoms with van der Waals surface area (Å²) in [4.78, 5) is 2.45. The summed E-state index contributed by atoms with van der Waals surface area (Å²) in [7, 11) is 4.48. The van der Waals surface area contributed by atoms with E-state index in [0.29, 0.717) is 11.6 Å². The first-order valence-corrected chi connectivity index (χ1v) is 7.34. The first kappa shape index (κ1) is 13.3. The standard InChI is InChI=1S/C14H29N3/c1-17(2)14(8-4-5-9-14)12-15-11-13-7-3-6-10-16-13/h13,15-16H,3-12H2,1-2H3. The molecule has 1 saturated carbocycles. The van der Waals surface area contributed by atoms with Gasteiger partial charge in [-0.3, -0.25) is 0 Å². The van der Waals surface area contributed by atoms with Gasteiger partial charge in [0.05, 0.1) is 0 Å². The quantitative estimate of drug-likeness (QED) is 0.763. The highest BCUT2D eigenvalue weighted by Crippen LogP contribution is 2.33. The Bertz CT molecular complexity index is 216. The third-order valence-electron chi connectivity index (χ3n) is 4.74. The Hall–Kier alpha value is -0.120. The molecule has 0 amide bonds. The van der Waals surface area contributed by atoms with Crippen molar-refractivity contribution in [2.24, 2.45) is 0 Å². The Morgan fingerprint density at radius 2 is 1.94 bits per heavy atom. The van der Waals surface area contributed by atoms with E-state index in [1.165, 1.54) is 51.5 Å². The van der Waals surface area contributed by atoms with Crippen LogP contribution in [0.1, 0.15) is 44.9 Å². The minimum absolute atomic E-state index is 0.439. The average molecular weight is 239 g/mol. The summed E-state index contributed by atoms with van der Waals surface area (Å²) in [6.45, 7) is 3.53. The van der Waals surface area contributed by atoms with Crippen molar-refractivity contribution in [3.8, 4) is 0 Å². The van der Waals surface area contributed by atoms with E-state index in [1.807, 2.05) is 0 Å². The van der Waals surface area contributed by atoms with Gasteiger partial charge in [0.25, 0.3) is 0 Å². The number of rotatable bonds is 5. The van der Waals surface area contributed by atoms with E-state index in [1.54, 1.807) is 0 Å². The molecule has 3 nitrogen and oxygen atoms in total. The van der Waals surface area contributed by atoms with Crippen LogP contribution in [0.5, 0.6) is 0 Å². The SMILES string of the molecule is CN(C)C1(CNCC2CCCCN2)CCCC1. The summed E-state index contributed by atoms with van der Waals surface area (Å²) in [6.07, 6.45) is 9.65. The Morgan fingerprint density at radius 3 is 2.53 bits per heavy atom. The smallest absolute Gasteiger partial charge is 0.0327 e. The molecular formula is C14H29N3. The van der Waals surface area contributed by atoms with Crippen molar-refractivity contribution in [2.45, 2.75) is 56.5 Å². The number of hydrogen-bond acceptors (Lipinski definition) is 3. The van der Waals surface area contributed by atoms with E-state index in [9.17, 15) is 0 Å². The van der Waals surface area contributed by atoms with Gasteiger partial charge in [-0.1, -0.05) is 19.3 Å². The monoisotopic (exact) mass is 239 g/mol. The summed E-state index contributed by atoms with van der Waals surface area (Å²) in [6, 6.07) is 0.712. The zero-order chi connectivity index (χ0) is 12.1. The first-order chi connectivity index (χ1) is 8.23. The summed E-state index contributed by atoms with van der Waals surface area (Å²) >= 11 is 0. The van der Waals surface area contributed by atoms with Crippen molar-refractivity contribution >= 4 is 0 Å². The van der Waals surface area contributed by atoms with Crippen LogP contribution in [0, 0.1) is 0 Å². The normalized spacial score (nSPS) is 28.8. The summed E-state index contributed by atoms with van der Waals surface area (Å²) in [5, 5.41) is 7.33. The molecule has 0 bridgehead atoms. The number of likely N-dealkylation sites (N-methyl/N-ethyl adjacent to an activating group) is 1. The fourth-order valence-electron chi connectivity index (χ4n) is 3.39. The molecule has 0 aromatic carbocycles. The van der Waals surface area contributed by atoms with Gasteiger partial charge in [-0.25, -0.2) is 0 Å². The van der Waals surface area contributed by atoms with Gasteiger partial charge in [-0.05, 0) is 46.3 Å². The Kier molecular flexibility index (Phi) is 4.83. The molecule has 1 atom stereocenters. The lowest BCUT2D eigenvalue weighted by atomic mass is 9.95. The third-order valence-corrected chi connectivity index (χ3v) is 4.74. The highest BCUT2D eigenvalue weighted by Gasteiger charge is 2.35. The largest absolute Gasteiger partial charge is 0.313 e. The summed E-state index contributed by atoms with van der Waals surface area (Å²) in [5.41, 5.74) is 0.439. The molecule has 1 unspecified atom stereocenters. The molecule has 0 spiro atoms. The lowest BCUT2D eigenvalue weighted by Gasteiger charge is -2.37. The molecule has 1 saturated heterocycles. The Labute approximate surface area is 106 Å². The molecule has 2 aliphatic rings. The molecule has 2 N–H and O–H groups in total. The molecule has 1 aliphatic carbocycles. The van der Waals surface area contributed by atoms with Crippen LogP contribution in [-0.2, 0) is 0 Å². The minimum atomic E-state index is 0.439. The van der Waals surface area contributed by atoms with Crippen LogP contribution in [-0.4, -0.2) is 50.2 Å². The van der Waals surface area contributed by atoms with Gasteiger partial charge in [0.1, 0.15) is 0 Å². The second kappa shape index (κ2) is 6.17. The lowest BCUT2D eigenvalue weighted by molar-refractivity contribution is 0.152. The van der Waals surface area contributed by atoms with Gasteiger partial charge < -0.3 is 15.5 Å². The van der Waals surface area contributed by atoms with Crippen LogP contribution in [0.4, 0.5) is 0 Å². The van der Waals surface area contributed by atoms with Crippen LogP contribution in [0.25, 0.3) is 0 Å². The predicted molar refractivity (Wildman–Crippen MR) is 73.4 cm³/mol. The highest BCUT2D eigenvalue weighted by atomic mass is 15.2. The number of piperidine rings is 1. The Morgan fingerprint density at radius 1 is 1.18 bits per heavy atom.